The SMILES string of the molecule is O=C1Nc2nccnc2C(=O)[N+]1=O. The Hall–Kier alpha value is -2.18. The van der Waals surface area contributed by atoms with E-state index < -0.39 is 11.9 Å². The molecule has 0 spiro atoms. The molecule has 1 N–H and O–H groups in total. The molecule has 1 aliphatic heterocycles. The van der Waals surface area contributed by atoms with Crippen molar-refractivity contribution in [3.63, 3.8) is 0 Å². The van der Waals surface area contributed by atoms with Crippen LogP contribution in [0.3, 0.4) is 0 Å². The van der Waals surface area contributed by atoms with Crippen molar-refractivity contribution in [2.75, 3.05) is 5.32 Å². The second-order valence-electron chi connectivity index (χ2n) is 2.28. The lowest BCUT2D eigenvalue weighted by atomic mass is 10.3. The number of carbonyl (C=O) groups is 2. The van der Waals surface area contributed by atoms with E-state index in [0.29, 0.717) is 0 Å². The number of fused-ring (bicyclic) bond motifs is 1. The van der Waals surface area contributed by atoms with Crippen molar-refractivity contribution in [3.05, 3.63) is 23.0 Å². The number of amides is 3. The quantitative estimate of drug-likeness (QED) is 0.563. The minimum atomic E-state index is -1.04. The van der Waals surface area contributed by atoms with Crippen LogP contribution in [0, 0.1) is 4.91 Å². The number of urea groups is 1. The van der Waals surface area contributed by atoms with E-state index >= 15 is 0 Å². The number of nitroso groups, excluding NO2 is 1. The van der Waals surface area contributed by atoms with Crippen molar-refractivity contribution in [2.45, 2.75) is 0 Å². The summed E-state index contributed by atoms with van der Waals surface area (Å²) in [6.45, 7) is 0. The van der Waals surface area contributed by atoms with Crippen molar-refractivity contribution in [1.29, 1.82) is 0 Å². The molecule has 3 amide bonds. The molecule has 13 heavy (non-hydrogen) atoms. The summed E-state index contributed by atoms with van der Waals surface area (Å²) in [5, 5.41) is 2.12. The van der Waals surface area contributed by atoms with Crippen molar-refractivity contribution in [1.82, 2.24) is 9.97 Å². The average molecular weight is 179 g/mol. The molecular formula is C6H3N4O3+. The van der Waals surface area contributed by atoms with Gasteiger partial charge in [0.1, 0.15) is 0 Å². The molecular weight excluding hydrogens is 176 g/mol. The number of anilines is 1. The first-order valence-electron chi connectivity index (χ1n) is 3.33. The maximum Gasteiger partial charge on any atom is 0.544 e. The van der Waals surface area contributed by atoms with E-state index in [2.05, 4.69) is 15.3 Å². The van der Waals surface area contributed by atoms with E-state index in [1.807, 2.05) is 0 Å². The summed E-state index contributed by atoms with van der Waals surface area (Å²) in [5.74, 6) is -0.976. The van der Waals surface area contributed by atoms with E-state index in [-0.39, 0.29) is 16.3 Å². The molecule has 0 fully saturated rings. The first-order valence-corrected chi connectivity index (χ1v) is 3.33. The molecule has 7 heteroatoms. The highest BCUT2D eigenvalue weighted by atomic mass is 16.3. The van der Waals surface area contributed by atoms with Crippen molar-refractivity contribution < 1.29 is 14.3 Å². The number of nitrogens with one attached hydrogen (secondary N) is 1. The Morgan fingerprint density at radius 2 is 1.92 bits per heavy atom. The molecule has 0 aliphatic carbocycles. The van der Waals surface area contributed by atoms with Crippen LogP contribution in [0.1, 0.15) is 10.5 Å². The van der Waals surface area contributed by atoms with E-state index in [0.717, 1.165) is 0 Å². The van der Waals surface area contributed by atoms with Crippen LogP contribution in [0.15, 0.2) is 12.4 Å². The molecule has 0 atom stereocenters. The standard InChI is InChI=1S/C6H2N4O3/c11-5-3-4(8-2-1-7-3)9-6(12)10(5)13/h1-2H/p+1. The summed E-state index contributed by atoms with van der Waals surface area (Å²) in [4.78, 5) is 39.9. The zero-order chi connectivity index (χ0) is 9.42. The largest absolute Gasteiger partial charge is 0.544 e. The first kappa shape index (κ1) is 7.47. The number of aromatic nitrogens is 2. The molecule has 0 aromatic carbocycles. The molecule has 0 unspecified atom stereocenters. The summed E-state index contributed by atoms with van der Waals surface area (Å²) in [7, 11) is 0. The van der Waals surface area contributed by atoms with Gasteiger partial charge in [-0.3, -0.25) is 0 Å². The van der Waals surface area contributed by atoms with Gasteiger partial charge in [0.05, 0.1) is 4.76 Å². The molecule has 1 aromatic heterocycles. The Morgan fingerprint density at radius 3 is 2.69 bits per heavy atom. The molecule has 7 nitrogen and oxygen atoms in total. The first-order chi connectivity index (χ1) is 6.20. The number of carbonyl (C=O) groups excluding carboxylic acids is 2. The Balaban J connectivity index is 2.62. The van der Waals surface area contributed by atoms with Gasteiger partial charge in [-0.2, -0.15) is 10.1 Å². The van der Waals surface area contributed by atoms with Crippen LogP contribution >= 0.6 is 0 Å². The fraction of sp³-hybridized carbons (Fsp3) is 0. The van der Waals surface area contributed by atoms with E-state index in [4.69, 9.17) is 0 Å². The highest BCUT2D eigenvalue weighted by Crippen LogP contribution is 2.14. The minimum Gasteiger partial charge on any atom is -0.242 e. The number of hydrogen-bond acceptors (Lipinski definition) is 5. The topological polar surface area (TPSA) is 92.0 Å². The van der Waals surface area contributed by atoms with E-state index in [1.165, 1.54) is 12.4 Å². The molecule has 0 saturated carbocycles. The lowest BCUT2D eigenvalue weighted by molar-refractivity contribution is -0.345. The molecule has 64 valence electrons. The molecule has 0 saturated heterocycles. The maximum atomic E-state index is 11.1. The average Bonchev–Trinajstić information content (AvgIpc) is 2.15. The van der Waals surface area contributed by atoms with Crippen LogP contribution in [0.4, 0.5) is 10.6 Å². The fourth-order valence-corrected chi connectivity index (χ4v) is 0.926. The summed E-state index contributed by atoms with van der Waals surface area (Å²) in [5.41, 5.74) is -0.142. The van der Waals surface area contributed by atoms with Gasteiger partial charge in [0, 0.05) is 12.4 Å². The van der Waals surface area contributed by atoms with E-state index in [9.17, 15) is 14.5 Å². The Bertz CT molecular complexity index is 428. The number of imide groups is 1. The van der Waals surface area contributed by atoms with Gasteiger partial charge in [0.2, 0.25) is 5.69 Å². The zero-order valence-corrected chi connectivity index (χ0v) is 6.22. The van der Waals surface area contributed by atoms with Crippen molar-refractivity contribution in [2.24, 2.45) is 0 Å². The number of nitrogens with zero attached hydrogens (tertiary/aromatic N) is 3. The second-order valence-corrected chi connectivity index (χ2v) is 2.28. The highest BCUT2D eigenvalue weighted by Gasteiger charge is 2.40. The zero-order valence-electron chi connectivity index (χ0n) is 6.22. The number of hydrogen-bond donors (Lipinski definition) is 1. The summed E-state index contributed by atoms with van der Waals surface area (Å²) in [6.07, 6.45) is 2.58. The lowest BCUT2D eigenvalue weighted by Crippen LogP contribution is -2.36. The van der Waals surface area contributed by atoms with Crippen LogP contribution in [0.5, 0.6) is 0 Å². The molecule has 2 rings (SSSR count). The second kappa shape index (κ2) is 2.41. The molecule has 0 radical (unpaired) electrons. The Labute approximate surface area is 71.4 Å². The predicted molar refractivity (Wildman–Crippen MR) is 39.0 cm³/mol. The molecule has 1 aliphatic rings. The summed E-state index contributed by atoms with van der Waals surface area (Å²) < 4.78 is -0.295. The third-order valence-electron chi connectivity index (χ3n) is 1.50. The summed E-state index contributed by atoms with van der Waals surface area (Å²) >= 11 is 0. The van der Waals surface area contributed by atoms with Crippen LogP contribution < -0.4 is 5.32 Å². The van der Waals surface area contributed by atoms with Gasteiger partial charge >= 0.3 is 11.9 Å². The van der Waals surface area contributed by atoms with Crippen molar-refractivity contribution >= 4 is 17.8 Å². The fourth-order valence-electron chi connectivity index (χ4n) is 0.926. The van der Waals surface area contributed by atoms with Crippen LogP contribution in [0.25, 0.3) is 0 Å². The lowest BCUT2D eigenvalue weighted by Gasteiger charge is -2.03. The van der Waals surface area contributed by atoms with Crippen LogP contribution in [0.2, 0.25) is 0 Å². The monoisotopic (exact) mass is 179 g/mol. The molecule has 2 heterocycles. The number of rotatable bonds is 0. The molecule has 0 bridgehead atoms. The van der Waals surface area contributed by atoms with Crippen molar-refractivity contribution in [3.8, 4) is 0 Å². The van der Waals surface area contributed by atoms with Crippen LogP contribution in [-0.4, -0.2) is 26.7 Å². The highest BCUT2D eigenvalue weighted by molar-refractivity contribution is 6.04. The van der Waals surface area contributed by atoms with Crippen LogP contribution in [-0.2, 0) is 0 Å². The third-order valence-corrected chi connectivity index (χ3v) is 1.50. The van der Waals surface area contributed by atoms with Gasteiger partial charge in [0.15, 0.2) is 0 Å². The minimum absolute atomic E-state index is 0.0181. The Morgan fingerprint density at radius 1 is 1.23 bits per heavy atom. The predicted octanol–water partition coefficient (Wildman–Crippen LogP) is -0.0588. The van der Waals surface area contributed by atoms with Gasteiger partial charge < -0.3 is 0 Å². The Kier molecular flexibility index (Phi) is 1.38. The van der Waals surface area contributed by atoms with E-state index in [1.54, 1.807) is 0 Å². The third kappa shape index (κ3) is 0.975. The van der Waals surface area contributed by atoms with Gasteiger partial charge in [0.25, 0.3) is 5.82 Å². The smallest absolute Gasteiger partial charge is 0.242 e. The van der Waals surface area contributed by atoms with Gasteiger partial charge in [-0.15, -0.1) is 0 Å². The van der Waals surface area contributed by atoms with Gasteiger partial charge in [-0.05, 0) is 0 Å². The molecule has 1 aromatic rings. The summed E-state index contributed by atoms with van der Waals surface area (Å²) in [6, 6.07) is -1.04. The normalized spacial score (nSPS) is 15.2. The van der Waals surface area contributed by atoms with Gasteiger partial charge in [-0.1, -0.05) is 4.91 Å². The van der Waals surface area contributed by atoms with Gasteiger partial charge in [-0.25, -0.2) is 14.8 Å². The maximum absolute atomic E-state index is 11.1.